The summed E-state index contributed by atoms with van der Waals surface area (Å²) >= 11 is 1.59. The van der Waals surface area contributed by atoms with Gasteiger partial charge in [0.15, 0.2) is 5.16 Å². The molecule has 1 heterocycles. The lowest BCUT2D eigenvalue weighted by Gasteiger charge is -2.10. The van der Waals surface area contributed by atoms with E-state index in [1.807, 2.05) is 57.2 Å². The zero-order valence-electron chi connectivity index (χ0n) is 17.3. The summed E-state index contributed by atoms with van der Waals surface area (Å²) in [7, 11) is 0. The molecule has 0 saturated carbocycles. The summed E-state index contributed by atoms with van der Waals surface area (Å²) in [5, 5.41) is 3.98. The monoisotopic (exact) mass is 423 g/mol. The third-order valence-electron chi connectivity index (χ3n) is 3.91. The number of ether oxygens (including phenoxy) is 2. The molecule has 0 saturated heterocycles. The summed E-state index contributed by atoms with van der Waals surface area (Å²) in [5.74, 6) is 2.20. The first-order valence-corrected chi connectivity index (χ1v) is 10.7. The number of hydrogen-bond acceptors (Lipinski definition) is 7. The highest BCUT2D eigenvalue weighted by atomic mass is 32.2. The van der Waals surface area contributed by atoms with E-state index in [1.54, 1.807) is 23.9 Å². The molecule has 1 aromatic heterocycles. The number of anilines is 2. The highest BCUT2D eigenvalue weighted by Crippen LogP contribution is 2.24. The molecule has 0 amide bonds. The van der Waals surface area contributed by atoms with Gasteiger partial charge in [0.1, 0.15) is 11.6 Å². The SMILES string of the molecule is Cc1cc(Nc2ccc(OC(=O)OCC(C)C)cc2)nc(SCc2ccccc2)n1. The molecule has 0 aliphatic rings. The second-order valence-electron chi connectivity index (χ2n) is 7.16. The Morgan fingerprint density at radius 1 is 1.07 bits per heavy atom. The maximum Gasteiger partial charge on any atom is 0.513 e. The van der Waals surface area contributed by atoms with Gasteiger partial charge in [0, 0.05) is 23.2 Å². The molecule has 0 bridgehead atoms. The summed E-state index contributed by atoms with van der Waals surface area (Å²) in [6, 6.07) is 19.2. The lowest BCUT2D eigenvalue weighted by Crippen LogP contribution is -2.14. The molecule has 6 nitrogen and oxygen atoms in total. The quantitative estimate of drug-likeness (QED) is 0.206. The van der Waals surface area contributed by atoms with Crippen molar-refractivity contribution in [3.05, 3.63) is 71.9 Å². The lowest BCUT2D eigenvalue weighted by atomic mass is 10.2. The normalized spacial score (nSPS) is 10.7. The van der Waals surface area contributed by atoms with Crippen molar-refractivity contribution in [2.24, 2.45) is 5.92 Å². The Morgan fingerprint density at radius 3 is 2.50 bits per heavy atom. The average Bonchev–Trinajstić information content (AvgIpc) is 2.73. The van der Waals surface area contributed by atoms with E-state index in [0.717, 1.165) is 17.1 Å². The summed E-state index contributed by atoms with van der Waals surface area (Å²) in [6.07, 6.45) is -0.698. The van der Waals surface area contributed by atoms with Gasteiger partial charge in [-0.3, -0.25) is 0 Å². The van der Waals surface area contributed by atoms with Crippen LogP contribution >= 0.6 is 11.8 Å². The van der Waals surface area contributed by atoms with E-state index >= 15 is 0 Å². The van der Waals surface area contributed by atoms with Gasteiger partial charge in [-0.2, -0.15) is 0 Å². The molecular weight excluding hydrogens is 398 g/mol. The van der Waals surface area contributed by atoms with Gasteiger partial charge in [0.2, 0.25) is 0 Å². The van der Waals surface area contributed by atoms with E-state index in [-0.39, 0.29) is 5.92 Å². The van der Waals surface area contributed by atoms with Crippen LogP contribution in [0.1, 0.15) is 25.1 Å². The summed E-state index contributed by atoms with van der Waals surface area (Å²) < 4.78 is 10.2. The molecule has 0 aliphatic carbocycles. The molecule has 3 aromatic rings. The van der Waals surface area contributed by atoms with Crippen LogP contribution in [0, 0.1) is 12.8 Å². The maximum absolute atomic E-state index is 11.7. The Hall–Kier alpha value is -3.06. The number of hydrogen-bond donors (Lipinski definition) is 1. The largest absolute Gasteiger partial charge is 0.513 e. The number of aromatic nitrogens is 2. The summed E-state index contributed by atoms with van der Waals surface area (Å²) in [5.41, 5.74) is 2.94. The fourth-order valence-electron chi connectivity index (χ4n) is 2.51. The third-order valence-corrected chi connectivity index (χ3v) is 4.83. The van der Waals surface area contributed by atoms with Crippen molar-refractivity contribution in [1.29, 1.82) is 0 Å². The number of thioether (sulfide) groups is 1. The van der Waals surface area contributed by atoms with Gasteiger partial charge in [-0.15, -0.1) is 0 Å². The summed E-state index contributed by atoms with van der Waals surface area (Å²) in [4.78, 5) is 20.8. The first-order valence-electron chi connectivity index (χ1n) is 9.72. The van der Waals surface area contributed by atoms with Crippen LogP contribution in [0.2, 0.25) is 0 Å². The topological polar surface area (TPSA) is 73.3 Å². The smallest absolute Gasteiger partial charge is 0.434 e. The van der Waals surface area contributed by atoms with E-state index in [9.17, 15) is 4.79 Å². The maximum atomic E-state index is 11.7. The Kier molecular flexibility index (Phi) is 7.68. The van der Waals surface area contributed by atoms with Crippen molar-refractivity contribution in [2.75, 3.05) is 11.9 Å². The van der Waals surface area contributed by atoms with Crippen molar-refractivity contribution in [1.82, 2.24) is 9.97 Å². The van der Waals surface area contributed by atoms with Crippen LogP contribution in [0.4, 0.5) is 16.3 Å². The molecular formula is C23H25N3O3S. The second kappa shape index (κ2) is 10.6. The average molecular weight is 424 g/mol. The van der Waals surface area contributed by atoms with Gasteiger partial charge >= 0.3 is 6.16 Å². The number of benzene rings is 2. The predicted octanol–water partition coefficient (Wildman–Crippen LogP) is 5.99. The molecule has 30 heavy (non-hydrogen) atoms. The zero-order valence-corrected chi connectivity index (χ0v) is 18.1. The molecule has 0 spiro atoms. The highest BCUT2D eigenvalue weighted by Gasteiger charge is 2.08. The van der Waals surface area contributed by atoms with Crippen molar-refractivity contribution in [2.45, 2.75) is 31.7 Å². The molecule has 1 N–H and O–H groups in total. The number of nitrogens with zero attached hydrogens (tertiary/aromatic N) is 2. The molecule has 0 unspecified atom stereocenters. The second-order valence-corrected chi connectivity index (χ2v) is 8.10. The number of rotatable bonds is 8. The predicted molar refractivity (Wildman–Crippen MR) is 119 cm³/mol. The van der Waals surface area contributed by atoms with Crippen LogP contribution in [0.3, 0.4) is 0 Å². The van der Waals surface area contributed by atoms with E-state index in [4.69, 9.17) is 9.47 Å². The Balaban J connectivity index is 1.59. The minimum absolute atomic E-state index is 0.260. The van der Waals surface area contributed by atoms with Gasteiger partial charge in [-0.1, -0.05) is 55.9 Å². The van der Waals surface area contributed by atoms with E-state index in [0.29, 0.717) is 23.3 Å². The molecule has 3 rings (SSSR count). The summed E-state index contributed by atoms with van der Waals surface area (Å²) in [6.45, 7) is 6.21. The van der Waals surface area contributed by atoms with Gasteiger partial charge in [-0.05, 0) is 42.7 Å². The zero-order chi connectivity index (χ0) is 21.3. The van der Waals surface area contributed by atoms with Crippen LogP contribution in [0.5, 0.6) is 5.75 Å². The van der Waals surface area contributed by atoms with E-state index < -0.39 is 6.16 Å². The van der Waals surface area contributed by atoms with E-state index in [1.165, 1.54) is 5.56 Å². The number of nitrogens with one attached hydrogen (secondary N) is 1. The van der Waals surface area contributed by atoms with Gasteiger partial charge in [0.25, 0.3) is 0 Å². The Labute approximate surface area is 181 Å². The molecule has 2 aromatic carbocycles. The first-order chi connectivity index (χ1) is 14.5. The minimum Gasteiger partial charge on any atom is -0.434 e. The van der Waals surface area contributed by atoms with Crippen molar-refractivity contribution < 1.29 is 14.3 Å². The number of carbonyl (C=O) groups excluding carboxylic acids is 1. The standard InChI is InChI=1S/C23H25N3O3S/c1-16(2)14-28-23(27)29-20-11-9-19(10-12-20)25-21-13-17(3)24-22(26-21)30-15-18-7-5-4-6-8-18/h4-13,16H,14-15H2,1-3H3,(H,24,25,26). The van der Waals surface area contributed by atoms with Gasteiger partial charge < -0.3 is 14.8 Å². The highest BCUT2D eigenvalue weighted by molar-refractivity contribution is 7.98. The van der Waals surface area contributed by atoms with Crippen LogP contribution in [0.15, 0.2) is 65.8 Å². The van der Waals surface area contributed by atoms with Crippen molar-refractivity contribution >= 4 is 29.4 Å². The molecule has 0 fully saturated rings. The number of aryl methyl sites for hydroxylation is 1. The Bertz CT molecular complexity index is 963. The fourth-order valence-corrected chi connectivity index (χ4v) is 3.37. The molecule has 0 aliphatic heterocycles. The minimum atomic E-state index is -0.698. The first kappa shape index (κ1) is 21.6. The fraction of sp³-hybridized carbons (Fsp3) is 0.261. The van der Waals surface area contributed by atoms with Crippen LogP contribution in [0.25, 0.3) is 0 Å². The third kappa shape index (κ3) is 7.08. The van der Waals surface area contributed by atoms with Crippen molar-refractivity contribution in [3.8, 4) is 5.75 Å². The van der Waals surface area contributed by atoms with Gasteiger partial charge in [0.05, 0.1) is 6.61 Å². The van der Waals surface area contributed by atoms with E-state index in [2.05, 4.69) is 27.4 Å². The molecule has 0 radical (unpaired) electrons. The van der Waals surface area contributed by atoms with Crippen LogP contribution in [-0.4, -0.2) is 22.7 Å². The van der Waals surface area contributed by atoms with Crippen LogP contribution < -0.4 is 10.1 Å². The van der Waals surface area contributed by atoms with Crippen LogP contribution in [-0.2, 0) is 10.5 Å². The molecule has 0 atom stereocenters. The number of carbonyl (C=O) groups is 1. The van der Waals surface area contributed by atoms with Crippen molar-refractivity contribution in [3.63, 3.8) is 0 Å². The molecule has 7 heteroatoms. The van der Waals surface area contributed by atoms with Gasteiger partial charge in [-0.25, -0.2) is 14.8 Å². The molecule has 156 valence electrons. The lowest BCUT2D eigenvalue weighted by molar-refractivity contribution is 0.0886. The Morgan fingerprint density at radius 2 is 1.80 bits per heavy atom.